The van der Waals surface area contributed by atoms with Crippen molar-refractivity contribution in [2.75, 3.05) is 13.2 Å². The Morgan fingerprint density at radius 2 is 1.61 bits per heavy atom. The second-order valence-corrected chi connectivity index (χ2v) is 8.93. The van der Waals surface area contributed by atoms with E-state index >= 15 is 0 Å². The molecule has 0 N–H and O–H groups in total. The van der Waals surface area contributed by atoms with E-state index in [0.717, 1.165) is 11.1 Å². The lowest BCUT2D eigenvalue weighted by molar-refractivity contribution is -0.195. The van der Waals surface area contributed by atoms with Gasteiger partial charge in [-0.2, -0.15) is 0 Å². The summed E-state index contributed by atoms with van der Waals surface area (Å²) in [5.41, 5.74) is 0.774. The number of cyclic esters (lactones) is 1. The molecule has 36 heavy (non-hydrogen) atoms. The molecule has 1 amide bonds. The van der Waals surface area contributed by atoms with Gasteiger partial charge >= 0.3 is 18.0 Å². The summed E-state index contributed by atoms with van der Waals surface area (Å²) in [6, 6.07) is 19.3. The Kier molecular flexibility index (Phi) is 8.22. The fraction of sp³-hybridized carbons (Fsp3) is 0.444. The van der Waals surface area contributed by atoms with E-state index in [0.29, 0.717) is 26.1 Å². The van der Waals surface area contributed by atoms with Crippen molar-refractivity contribution in [2.24, 2.45) is 0 Å². The third kappa shape index (κ3) is 5.68. The monoisotopic (exact) mass is 497 g/mol. The fourth-order valence-corrected chi connectivity index (χ4v) is 4.80. The molecule has 4 rings (SSSR count). The minimum atomic E-state index is -1.17. The highest BCUT2D eigenvalue weighted by atomic mass is 16.7. The number of carbonyl (C=O) groups is 3. The number of nitrogens with zero attached hydrogens (tertiary/aromatic N) is 1. The van der Waals surface area contributed by atoms with E-state index in [2.05, 4.69) is 0 Å². The normalized spacial score (nSPS) is 25.1. The molecule has 1 spiro atoms. The smallest absolute Gasteiger partial charge is 0.410 e. The molecule has 2 fully saturated rings. The molecule has 4 atom stereocenters. The van der Waals surface area contributed by atoms with Crippen molar-refractivity contribution in [3.63, 3.8) is 0 Å². The second kappa shape index (κ2) is 11.5. The minimum Gasteiger partial charge on any atom is -0.453 e. The molecule has 2 saturated heterocycles. The number of ether oxygens (including phenoxy) is 5. The van der Waals surface area contributed by atoms with E-state index in [1.165, 1.54) is 18.7 Å². The van der Waals surface area contributed by atoms with Crippen molar-refractivity contribution in [3.05, 3.63) is 71.8 Å². The van der Waals surface area contributed by atoms with Crippen LogP contribution in [-0.2, 0) is 46.4 Å². The van der Waals surface area contributed by atoms with Crippen molar-refractivity contribution in [2.45, 2.75) is 63.9 Å². The van der Waals surface area contributed by atoms with Gasteiger partial charge in [-0.25, -0.2) is 4.79 Å². The van der Waals surface area contributed by atoms with Gasteiger partial charge in [0.05, 0.1) is 19.3 Å². The molecule has 2 aromatic carbocycles. The van der Waals surface area contributed by atoms with Crippen molar-refractivity contribution in [1.29, 1.82) is 0 Å². The lowest BCUT2D eigenvalue weighted by Crippen LogP contribution is -2.61. The average molecular weight is 498 g/mol. The molecule has 2 aliphatic heterocycles. The standard InChI is InChI=1S/C27H31NO8/c1-19(29)34-24-25(35-20(2)30)36-23(14-9-15-32-17-22-12-7-4-8-13-22)27(24)18-33-26(31)28(27)16-21-10-5-3-6-11-21/h3-8,10-13,23-25H,9,14-18H2,1-2H3/t23-,24+,25+,27+/m1/s1. The number of hydrogen-bond donors (Lipinski definition) is 0. The summed E-state index contributed by atoms with van der Waals surface area (Å²) in [4.78, 5) is 38.4. The Hall–Kier alpha value is -3.43. The Labute approximate surface area is 210 Å². The van der Waals surface area contributed by atoms with Gasteiger partial charge in [0.2, 0.25) is 6.29 Å². The molecule has 192 valence electrons. The van der Waals surface area contributed by atoms with Gasteiger partial charge in [0.15, 0.2) is 6.10 Å². The van der Waals surface area contributed by atoms with Crippen LogP contribution in [0.4, 0.5) is 4.79 Å². The van der Waals surface area contributed by atoms with Crippen molar-refractivity contribution >= 4 is 18.0 Å². The molecule has 0 aliphatic carbocycles. The van der Waals surface area contributed by atoms with Crippen LogP contribution in [0.15, 0.2) is 60.7 Å². The van der Waals surface area contributed by atoms with Crippen LogP contribution in [0.1, 0.15) is 37.8 Å². The van der Waals surface area contributed by atoms with Crippen LogP contribution in [0.5, 0.6) is 0 Å². The third-order valence-corrected chi connectivity index (χ3v) is 6.37. The average Bonchev–Trinajstić information content (AvgIpc) is 3.32. The molecule has 0 aromatic heterocycles. The minimum absolute atomic E-state index is 0.0656. The number of hydrogen-bond acceptors (Lipinski definition) is 8. The Morgan fingerprint density at radius 3 is 2.25 bits per heavy atom. The number of rotatable bonds is 10. The Balaban J connectivity index is 1.55. The SMILES string of the molecule is CC(=O)O[C@H]1O[C@H](CCCOCc2ccccc2)[C@@]2(COC(=O)N2Cc2ccccc2)[C@H]1OC(C)=O. The maximum atomic E-state index is 13.0. The number of benzene rings is 2. The van der Waals surface area contributed by atoms with Gasteiger partial charge in [-0.15, -0.1) is 0 Å². The van der Waals surface area contributed by atoms with Crippen LogP contribution in [0.25, 0.3) is 0 Å². The Morgan fingerprint density at radius 1 is 0.972 bits per heavy atom. The Bertz CT molecular complexity index is 1050. The molecule has 0 bridgehead atoms. The molecule has 9 nitrogen and oxygen atoms in total. The van der Waals surface area contributed by atoms with Gasteiger partial charge in [-0.05, 0) is 24.0 Å². The molecule has 0 unspecified atom stereocenters. The zero-order chi connectivity index (χ0) is 25.5. The van der Waals surface area contributed by atoms with E-state index < -0.39 is 42.1 Å². The first-order valence-corrected chi connectivity index (χ1v) is 12.0. The molecule has 2 aliphatic rings. The highest BCUT2D eigenvalue weighted by Crippen LogP contribution is 2.45. The third-order valence-electron chi connectivity index (χ3n) is 6.37. The van der Waals surface area contributed by atoms with Crippen LogP contribution in [0.3, 0.4) is 0 Å². The predicted octanol–water partition coefficient (Wildman–Crippen LogP) is 3.59. The van der Waals surface area contributed by atoms with Gasteiger partial charge in [0.1, 0.15) is 12.1 Å². The molecule has 0 radical (unpaired) electrons. The van der Waals surface area contributed by atoms with Crippen molar-refractivity contribution in [1.82, 2.24) is 4.90 Å². The summed E-state index contributed by atoms with van der Waals surface area (Å²) < 4.78 is 28.5. The van der Waals surface area contributed by atoms with E-state index in [9.17, 15) is 14.4 Å². The first kappa shape index (κ1) is 25.7. The van der Waals surface area contributed by atoms with Gasteiger partial charge in [0, 0.05) is 20.5 Å². The van der Waals surface area contributed by atoms with Crippen LogP contribution in [0, 0.1) is 0 Å². The van der Waals surface area contributed by atoms with E-state index in [1.807, 2.05) is 60.7 Å². The molecule has 9 heteroatoms. The summed E-state index contributed by atoms with van der Waals surface area (Å²) in [6.07, 6.45) is -2.33. The maximum absolute atomic E-state index is 13.0. The highest BCUT2D eigenvalue weighted by Gasteiger charge is 2.67. The largest absolute Gasteiger partial charge is 0.453 e. The molecule has 2 aromatic rings. The van der Waals surface area contributed by atoms with Crippen molar-refractivity contribution < 1.29 is 38.1 Å². The zero-order valence-electron chi connectivity index (χ0n) is 20.5. The first-order chi connectivity index (χ1) is 17.4. The number of carbonyl (C=O) groups excluding carboxylic acids is 3. The van der Waals surface area contributed by atoms with E-state index in [4.69, 9.17) is 23.7 Å². The fourth-order valence-electron chi connectivity index (χ4n) is 4.80. The maximum Gasteiger partial charge on any atom is 0.410 e. The summed E-state index contributed by atoms with van der Waals surface area (Å²) in [5, 5.41) is 0. The van der Waals surface area contributed by atoms with Crippen LogP contribution in [0.2, 0.25) is 0 Å². The lowest BCUT2D eigenvalue weighted by atomic mass is 9.85. The highest BCUT2D eigenvalue weighted by molar-refractivity contribution is 5.73. The van der Waals surface area contributed by atoms with Crippen LogP contribution >= 0.6 is 0 Å². The van der Waals surface area contributed by atoms with E-state index in [1.54, 1.807) is 0 Å². The van der Waals surface area contributed by atoms with Crippen LogP contribution < -0.4 is 0 Å². The first-order valence-electron chi connectivity index (χ1n) is 12.0. The van der Waals surface area contributed by atoms with Gasteiger partial charge in [-0.1, -0.05) is 60.7 Å². The van der Waals surface area contributed by atoms with Gasteiger partial charge < -0.3 is 23.7 Å². The van der Waals surface area contributed by atoms with Gasteiger partial charge in [-0.3, -0.25) is 14.5 Å². The van der Waals surface area contributed by atoms with Crippen LogP contribution in [-0.4, -0.2) is 60.2 Å². The molecular weight excluding hydrogens is 466 g/mol. The molecule has 2 heterocycles. The lowest BCUT2D eigenvalue weighted by Gasteiger charge is -2.38. The zero-order valence-corrected chi connectivity index (χ0v) is 20.5. The predicted molar refractivity (Wildman–Crippen MR) is 127 cm³/mol. The number of esters is 2. The molecular formula is C27H31NO8. The summed E-state index contributed by atoms with van der Waals surface area (Å²) >= 11 is 0. The summed E-state index contributed by atoms with van der Waals surface area (Å²) in [7, 11) is 0. The van der Waals surface area contributed by atoms with Crippen molar-refractivity contribution in [3.8, 4) is 0 Å². The molecule has 0 saturated carbocycles. The quantitative estimate of drug-likeness (QED) is 0.279. The van der Waals surface area contributed by atoms with Gasteiger partial charge in [0.25, 0.3) is 0 Å². The summed E-state index contributed by atoms with van der Waals surface area (Å²) in [5.74, 6) is -1.16. The number of amides is 1. The second-order valence-electron chi connectivity index (χ2n) is 8.93. The summed E-state index contributed by atoms with van der Waals surface area (Å²) in [6.45, 7) is 3.60. The topological polar surface area (TPSA) is 101 Å². The van der Waals surface area contributed by atoms with E-state index in [-0.39, 0.29) is 13.2 Å².